The van der Waals surface area contributed by atoms with Gasteiger partial charge in [-0.15, -0.1) is 11.3 Å². The molecule has 1 amide bonds. The first-order valence-electron chi connectivity index (χ1n) is 6.29. The summed E-state index contributed by atoms with van der Waals surface area (Å²) in [6.45, 7) is 3.44. The highest BCUT2D eigenvalue weighted by atomic mass is 35.5. The van der Waals surface area contributed by atoms with Gasteiger partial charge in [0.25, 0.3) is 5.91 Å². The van der Waals surface area contributed by atoms with Gasteiger partial charge in [0.05, 0.1) is 11.1 Å². The Hall–Kier alpha value is -1.66. The highest BCUT2D eigenvalue weighted by Gasteiger charge is 2.19. The van der Waals surface area contributed by atoms with Crippen molar-refractivity contribution >= 4 is 28.8 Å². The minimum atomic E-state index is -0.754. The summed E-state index contributed by atoms with van der Waals surface area (Å²) in [6, 6.07) is 3.56. The molecule has 7 heteroatoms. The molecule has 0 fully saturated rings. The van der Waals surface area contributed by atoms with Crippen LogP contribution in [0.1, 0.15) is 24.9 Å². The van der Waals surface area contributed by atoms with Crippen molar-refractivity contribution in [3.63, 3.8) is 0 Å². The zero-order chi connectivity index (χ0) is 15.4. The molecule has 0 aliphatic rings. The number of nitrogens with zero attached hydrogens (tertiary/aromatic N) is 1. The number of benzene rings is 1. The van der Waals surface area contributed by atoms with Crippen LogP contribution in [-0.2, 0) is 4.79 Å². The summed E-state index contributed by atoms with van der Waals surface area (Å²) >= 11 is 7.32. The molecule has 1 N–H and O–H groups in total. The van der Waals surface area contributed by atoms with Gasteiger partial charge >= 0.3 is 0 Å². The molecule has 0 radical (unpaired) electrons. The van der Waals surface area contributed by atoms with Crippen LogP contribution in [0.3, 0.4) is 0 Å². The van der Waals surface area contributed by atoms with E-state index in [9.17, 15) is 9.18 Å². The SMILES string of the molecule is C[C@H](Oc1ccc(F)cc1Cl)C(=O)N[C@@H](C)c1nccs1. The fraction of sp³-hybridized carbons (Fsp3) is 0.286. The van der Waals surface area contributed by atoms with Gasteiger partial charge in [0.15, 0.2) is 6.10 Å². The van der Waals surface area contributed by atoms with E-state index in [1.807, 2.05) is 12.3 Å². The van der Waals surface area contributed by atoms with Gasteiger partial charge in [-0.1, -0.05) is 11.6 Å². The van der Waals surface area contributed by atoms with Crippen LogP contribution in [0.4, 0.5) is 4.39 Å². The predicted octanol–water partition coefficient (Wildman–Crippen LogP) is 3.58. The first kappa shape index (κ1) is 15.7. The van der Waals surface area contributed by atoms with Crippen LogP contribution < -0.4 is 10.1 Å². The van der Waals surface area contributed by atoms with E-state index in [4.69, 9.17) is 16.3 Å². The molecule has 2 aromatic rings. The normalized spacial score (nSPS) is 13.5. The molecule has 4 nitrogen and oxygen atoms in total. The molecule has 0 saturated heterocycles. The van der Waals surface area contributed by atoms with E-state index in [0.717, 1.165) is 11.1 Å². The van der Waals surface area contributed by atoms with Crippen molar-refractivity contribution in [2.45, 2.75) is 26.0 Å². The Morgan fingerprint density at radius 1 is 1.48 bits per heavy atom. The summed E-state index contributed by atoms with van der Waals surface area (Å²) in [6.07, 6.45) is 0.927. The molecule has 0 bridgehead atoms. The molecule has 0 aliphatic heterocycles. The second kappa shape index (κ2) is 6.87. The molecular weight excluding hydrogens is 315 g/mol. The molecule has 2 atom stereocenters. The third-order valence-electron chi connectivity index (χ3n) is 2.75. The summed E-state index contributed by atoms with van der Waals surface area (Å²) in [5, 5.41) is 5.59. The number of thiazole rings is 1. The number of aromatic nitrogens is 1. The zero-order valence-corrected chi connectivity index (χ0v) is 13.0. The maximum absolute atomic E-state index is 12.9. The second-order valence-electron chi connectivity index (χ2n) is 4.44. The molecule has 0 spiro atoms. The fourth-order valence-electron chi connectivity index (χ4n) is 1.66. The fourth-order valence-corrected chi connectivity index (χ4v) is 2.51. The van der Waals surface area contributed by atoms with Gasteiger partial charge in [-0.05, 0) is 32.0 Å². The molecule has 1 aromatic heterocycles. The number of carbonyl (C=O) groups excluding carboxylic acids is 1. The third-order valence-corrected chi connectivity index (χ3v) is 4.00. The molecule has 1 heterocycles. The summed E-state index contributed by atoms with van der Waals surface area (Å²) in [5.41, 5.74) is 0. The lowest BCUT2D eigenvalue weighted by molar-refractivity contribution is -0.127. The van der Waals surface area contributed by atoms with Crippen LogP contribution in [0, 0.1) is 5.82 Å². The lowest BCUT2D eigenvalue weighted by Gasteiger charge is -2.18. The molecular formula is C14H14ClFN2O2S. The minimum absolute atomic E-state index is 0.127. The maximum Gasteiger partial charge on any atom is 0.261 e. The van der Waals surface area contributed by atoms with Gasteiger partial charge < -0.3 is 10.1 Å². The van der Waals surface area contributed by atoms with Crippen molar-refractivity contribution in [2.75, 3.05) is 0 Å². The van der Waals surface area contributed by atoms with Crippen LogP contribution in [0.25, 0.3) is 0 Å². The van der Waals surface area contributed by atoms with Gasteiger partial charge in [0.2, 0.25) is 0 Å². The Kier molecular flexibility index (Phi) is 5.14. The number of amides is 1. The molecule has 0 saturated carbocycles. The summed E-state index contributed by atoms with van der Waals surface area (Å²) in [7, 11) is 0. The van der Waals surface area contributed by atoms with E-state index in [0.29, 0.717) is 0 Å². The average molecular weight is 329 g/mol. The van der Waals surface area contributed by atoms with Crippen LogP contribution in [0.15, 0.2) is 29.8 Å². The quantitative estimate of drug-likeness (QED) is 0.912. The Morgan fingerprint density at radius 2 is 2.24 bits per heavy atom. The number of nitrogens with one attached hydrogen (secondary N) is 1. The number of hydrogen-bond donors (Lipinski definition) is 1. The molecule has 0 unspecified atom stereocenters. The Morgan fingerprint density at radius 3 is 2.86 bits per heavy atom. The molecule has 1 aromatic carbocycles. The van der Waals surface area contributed by atoms with Crippen molar-refractivity contribution < 1.29 is 13.9 Å². The smallest absolute Gasteiger partial charge is 0.261 e. The summed E-state index contributed by atoms with van der Waals surface area (Å²) in [4.78, 5) is 16.2. The van der Waals surface area contributed by atoms with Gasteiger partial charge in [-0.25, -0.2) is 9.37 Å². The Bertz CT molecular complexity index is 621. The largest absolute Gasteiger partial charge is 0.479 e. The van der Waals surface area contributed by atoms with E-state index >= 15 is 0 Å². The Balaban J connectivity index is 1.96. The van der Waals surface area contributed by atoms with Gasteiger partial charge in [-0.2, -0.15) is 0 Å². The number of hydrogen-bond acceptors (Lipinski definition) is 4. The minimum Gasteiger partial charge on any atom is -0.479 e. The van der Waals surface area contributed by atoms with Crippen molar-refractivity contribution in [3.05, 3.63) is 45.6 Å². The van der Waals surface area contributed by atoms with E-state index in [1.165, 1.54) is 23.5 Å². The van der Waals surface area contributed by atoms with E-state index < -0.39 is 11.9 Å². The highest BCUT2D eigenvalue weighted by Crippen LogP contribution is 2.26. The zero-order valence-electron chi connectivity index (χ0n) is 11.5. The molecule has 0 aliphatic carbocycles. The number of ether oxygens (including phenoxy) is 1. The summed E-state index contributed by atoms with van der Waals surface area (Å²) < 4.78 is 18.4. The lowest BCUT2D eigenvalue weighted by atomic mass is 10.3. The van der Waals surface area contributed by atoms with Crippen LogP contribution >= 0.6 is 22.9 Å². The highest BCUT2D eigenvalue weighted by molar-refractivity contribution is 7.09. The predicted molar refractivity (Wildman–Crippen MR) is 80.2 cm³/mol. The van der Waals surface area contributed by atoms with Gasteiger partial charge in [-0.3, -0.25) is 4.79 Å². The van der Waals surface area contributed by atoms with Crippen LogP contribution in [-0.4, -0.2) is 17.0 Å². The number of rotatable bonds is 5. The average Bonchev–Trinajstić information content (AvgIpc) is 2.95. The van der Waals surface area contributed by atoms with Crippen LogP contribution in [0.2, 0.25) is 5.02 Å². The molecule has 21 heavy (non-hydrogen) atoms. The molecule has 112 valence electrons. The summed E-state index contributed by atoms with van der Waals surface area (Å²) in [5.74, 6) is -0.484. The van der Waals surface area contributed by atoms with Crippen molar-refractivity contribution in [1.29, 1.82) is 0 Å². The van der Waals surface area contributed by atoms with Gasteiger partial charge in [0.1, 0.15) is 16.6 Å². The van der Waals surface area contributed by atoms with Crippen molar-refractivity contribution in [3.8, 4) is 5.75 Å². The van der Waals surface area contributed by atoms with Crippen molar-refractivity contribution in [1.82, 2.24) is 10.3 Å². The monoisotopic (exact) mass is 328 g/mol. The van der Waals surface area contributed by atoms with Gasteiger partial charge in [0, 0.05) is 11.6 Å². The topological polar surface area (TPSA) is 51.2 Å². The molecule has 2 rings (SSSR count). The number of carbonyl (C=O) groups is 1. The Labute approximate surface area is 130 Å². The van der Waals surface area contributed by atoms with E-state index in [2.05, 4.69) is 10.3 Å². The first-order chi connectivity index (χ1) is 9.97. The standard InChI is InChI=1S/C14H14ClFN2O2S/c1-8(14-17-5-6-21-14)18-13(19)9(2)20-12-4-3-10(16)7-11(12)15/h3-9H,1-2H3,(H,18,19)/t8-,9-/m0/s1. The first-order valence-corrected chi connectivity index (χ1v) is 7.54. The number of halogens is 2. The maximum atomic E-state index is 12.9. The van der Waals surface area contributed by atoms with E-state index in [1.54, 1.807) is 13.1 Å². The van der Waals surface area contributed by atoms with Crippen LogP contribution in [0.5, 0.6) is 5.75 Å². The third kappa shape index (κ3) is 4.15. The van der Waals surface area contributed by atoms with E-state index in [-0.39, 0.29) is 22.7 Å². The second-order valence-corrected chi connectivity index (χ2v) is 5.77. The van der Waals surface area contributed by atoms with Crippen molar-refractivity contribution in [2.24, 2.45) is 0 Å². The lowest BCUT2D eigenvalue weighted by Crippen LogP contribution is -2.37.